The van der Waals surface area contributed by atoms with E-state index in [1.165, 1.54) is 0 Å². The van der Waals surface area contributed by atoms with E-state index in [-0.39, 0.29) is 0 Å². The zero-order valence-corrected chi connectivity index (χ0v) is 7.10. The van der Waals surface area contributed by atoms with Gasteiger partial charge in [0.15, 0.2) is 5.95 Å². The molecule has 0 atom stereocenters. The fraction of sp³-hybridized carbons (Fsp3) is 0. The number of imidazole rings is 1. The maximum absolute atomic E-state index is 5.67. The van der Waals surface area contributed by atoms with Gasteiger partial charge in [-0.3, -0.25) is 0 Å². The molecule has 12 heavy (non-hydrogen) atoms. The summed E-state index contributed by atoms with van der Waals surface area (Å²) >= 11 is 4.23. The highest BCUT2D eigenvalue weighted by Gasteiger charge is 2.05. The lowest BCUT2D eigenvalue weighted by Gasteiger charge is -1.95. The first-order chi connectivity index (χ1) is 5.68. The molecule has 1 heterocycles. The lowest BCUT2D eigenvalue weighted by molar-refractivity contribution is 1.34. The van der Waals surface area contributed by atoms with Crippen LogP contribution in [0.5, 0.6) is 0 Å². The van der Waals surface area contributed by atoms with Crippen LogP contribution < -0.4 is 11.5 Å². The smallest absolute Gasteiger partial charge is 0.198 e. The number of nitrogens with zero attached hydrogens (tertiary/aromatic N) is 1. The van der Waals surface area contributed by atoms with Gasteiger partial charge in [0.2, 0.25) is 0 Å². The molecule has 0 unspecified atom stereocenters. The highest BCUT2D eigenvalue weighted by Crippen LogP contribution is 2.25. The molecule has 0 aliphatic heterocycles. The maximum atomic E-state index is 5.67. The molecule has 0 saturated carbocycles. The van der Waals surface area contributed by atoms with Gasteiger partial charge in [-0.1, -0.05) is 0 Å². The molecule has 0 spiro atoms. The Morgan fingerprint density at radius 1 is 1.33 bits per heavy atom. The molecular weight excluding hydrogens is 172 g/mol. The van der Waals surface area contributed by atoms with E-state index in [0.717, 1.165) is 10.4 Å². The number of H-pyrrole nitrogens is 1. The molecule has 5 N–H and O–H groups in total. The number of anilines is 2. The molecule has 0 radical (unpaired) electrons. The van der Waals surface area contributed by atoms with E-state index in [9.17, 15) is 0 Å². The summed E-state index contributed by atoms with van der Waals surface area (Å²) < 4.78 is 0. The molecule has 1 aromatic carbocycles. The number of nitrogens with two attached hydrogens (primary N) is 2. The van der Waals surface area contributed by atoms with Crippen molar-refractivity contribution >= 4 is 35.3 Å². The van der Waals surface area contributed by atoms with Crippen LogP contribution in [0.25, 0.3) is 11.0 Å². The first kappa shape index (κ1) is 7.30. The summed E-state index contributed by atoms with van der Waals surface area (Å²) in [6.45, 7) is 0. The maximum Gasteiger partial charge on any atom is 0.198 e. The second-order valence-electron chi connectivity index (χ2n) is 2.52. The van der Waals surface area contributed by atoms with Crippen molar-refractivity contribution in [1.29, 1.82) is 0 Å². The third-order valence-corrected chi connectivity index (χ3v) is 2.05. The van der Waals surface area contributed by atoms with Crippen molar-refractivity contribution in [2.24, 2.45) is 0 Å². The van der Waals surface area contributed by atoms with Crippen LogP contribution in [-0.2, 0) is 0 Å². The van der Waals surface area contributed by atoms with E-state index in [1.807, 2.05) is 0 Å². The summed E-state index contributed by atoms with van der Waals surface area (Å²) in [5.74, 6) is 0.359. The van der Waals surface area contributed by atoms with Crippen molar-refractivity contribution in [3.63, 3.8) is 0 Å². The van der Waals surface area contributed by atoms with Crippen LogP contribution in [0.4, 0.5) is 11.6 Å². The molecule has 0 aliphatic rings. The van der Waals surface area contributed by atoms with Gasteiger partial charge in [-0.25, -0.2) is 4.98 Å². The molecular formula is C7H8N4S. The number of hydrogen-bond acceptors (Lipinski definition) is 4. The Morgan fingerprint density at radius 2 is 2.08 bits per heavy atom. The second kappa shape index (κ2) is 2.31. The average molecular weight is 180 g/mol. The standard InChI is InChI=1S/C7H8N4S/c8-3-1-2-4(12)6-5(3)10-7(9)11-6/h1-2,12H,8H2,(H3,9,10,11). The zero-order valence-electron chi connectivity index (χ0n) is 6.20. The SMILES string of the molecule is Nc1nc2c(N)ccc(S)c2[nH]1. The molecule has 62 valence electrons. The fourth-order valence-corrected chi connectivity index (χ4v) is 1.35. The van der Waals surface area contributed by atoms with Gasteiger partial charge in [0, 0.05) is 4.90 Å². The van der Waals surface area contributed by atoms with Crippen LogP contribution in [0.3, 0.4) is 0 Å². The Labute approximate surface area is 74.4 Å². The van der Waals surface area contributed by atoms with Crippen molar-refractivity contribution in [1.82, 2.24) is 9.97 Å². The largest absolute Gasteiger partial charge is 0.397 e. The van der Waals surface area contributed by atoms with Crippen molar-refractivity contribution < 1.29 is 0 Å². The topological polar surface area (TPSA) is 80.7 Å². The van der Waals surface area contributed by atoms with Gasteiger partial charge in [0.1, 0.15) is 5.52 Å². The summed E-state index contributed by atoms with van der Waals surface area (Å²) in [5, 5.41) is 0. The van der Waals surface area contributed by atoms with E-state index in [0.29, 0.717) is 17.2 Å². The molecule has 0 amide bonds. The number of nitrogen functional groups attached to an aromatic ring is 2. The van der Waals surface area contributed by atoms with Crippen molar-refractivity contribution in [2.45, 2.75) is 4.90 Å². The van der Waals surface area contributed by atoms with E-state index < -0.39 is 0 Å². The number of fused-ring (bicyclic) bond motifs is 1. The van der Waals surface area contributed by atoms with Crippen LogP contribution in [0.2, 0.25) is 0 Å². The normalized spacial score (nSPS) is 10.8. The summed E-state index contributed by atoms with van der Waals surface area (Å²) in [6.07, 6.45) is 0. The average Bonchev–Trinajstić information content (AvgIpc) is 2.41. The highest BCUT2D eigenvalue weighted by atomic mass is 32.1. The minimum atomic E-state index is 0.359. The van der Waals surface area contributed by atoms with Crippen LogP contribution in [0.15, 0.2) is 17.0 Å². The lowest BCUT2D eigenvalue weighted by Crippen LogP contribution is -1.87. The summed E-state index contributed by atoms with van der Waals surface area (Å²) in [5.41, 5.74) is 13.2. The number of thiol groups is 1. The van der Waals surface area contributed by atoms with Crippen molar-refractivity contribution in [2.75, 3.05) is 11.5 Å². The third-order valence-electron chi connectivity index (χ3n) is 1.67. The predicted octanol–water partition coefficient (Wildman–Crippen LogP) is 1.02. The molecule has 5 heteroatoms. The Morgan fingerprint density at radius 3 is 2.75 bits per heavy atom. The van der Waals surface area contributed by atoms with Gasteiger partial charge in [0.25, 0.3) is 0 Å². The van der Waals surface area contributed by atoms with Crippen LogP contribution >= 0.6 is 12.6 Å². The Hall–Kier alpha value is -1.36. The van der Waals surface area contributed by atoms with Gasteiger partial charge >= 0.3 is 0 Å². The molecule has 0 bridgehead atoms. The van der Waals surface area contributed by atoms with Gasteiger partial charge in [-0.05, 0) is 12.1 Å². The quantitative estimate of drug-likeness (QED) is 0.361. The predicted molar refractivity (Wildman–Crippen MR) is 52.2 cm³/mol. The van der Waals surface area contributed by atoms with Crippen molar-refractivity contribution in [3.8, 4) is 0 Å². The van der Waals surface area contributed by atoms with E-state index in [4.69, 9.17) is 11.5 Å². The third kappa shape index (κ3) is 0.902. The number of aromatic nitrogens is 2. The summed E-state index contributed by atoms with van der Waals surface area (Å²) in [7, 11) is 0. The van der Waals surface area contributed by atoms with Crippen LogP contribution in [0, 0.1) is 0 Å². The second-order valence-corrected chi connectivity index (χ2v) is 3.00. The highest BCUT2D eigenvalue weighted by molar-refractivity contribution is 7.80. The van der Waals surface area contributed by atoms with E-state index >= 15 is 0 Å². The lowest BCUT2D eigenvalue weighted by atomic mass is 10.3. The Kier molecular flexibility index (Phi) is 1.41. The number of nitrogens with one attached hydrogen (secondary N) is 1. The number of rotatable bonds is 0. The minimum Gasteiger partial charge on any atom is -0.397 e. The summed E-state index contributed by atoms with van der Waals surface area (Å²) in [4.78, 5) is 7.69. The number of benzene rings is 1. The molecule has 0 aliphatic carbocycles. The molecule has 1 aromatic heterocycles. The molecule has 4 nitrogen and oxygen atoms in total. The van der Waals surface area contributed by atoms with E-state index in [2.05, 4.69) is 22.6 Å². The number of aromatic amines is 1. The Balaban J connectivity index is 2.93. The van der Waals surface area contributed by atoms with Crippen LogP contribution in [0.1, 0.15) is 0 Å². The monoisotopic (exact) mass is 180 g/mol. The molecule has 0 fully saturated rings. The van der Waals surface area contributed by atoms with Gasteiger partial charge in [-0.15, -0.1) is 12.6 Å². The van der Waals surface area contributed by atoms with Gasteiger partial charge < -0.3 is 16.5 Å². The Bertz CT molecular complexity index is 395. The van der Waals surface area contributed by atoms with Gasteiger partial charge in [-0.2, -0.15) is 0 Å². The first-order valence-electron chi connectivity index (χ1n) is 3.41. The number of hydrogen-bond donors (Lipinski definition) is 4. The first-order valence-corrected chi connectivity index (χ1v) is 3.86. The molecule has 0 saturated heterocycles. The fourth-order valence-electron chi connectivity index (χ4n) is 1.12. The van der Waals surface area contributed by atoms with Crippen molar-refractivity contribution in [3.05, 3.63) is 12.1 Å². The summed E-state index contributed by atoms with van der Waals surface area (Å²) in [6, 6.07) is 3.56. The zero-order chi connectivity index (χ0) is 8.72. The molecule has 2 aromatic rings. The van der Waals surface area contributed by atoms with E-state index in [1.54, 1.807) is 12.1 Å². The van der Waals surface area contributed by atoms with Crippen LogP contribution in [-0.4, -0.2) is 9.97 Å². The van der Waals surface area contributed by atoms with Gasteiger partial charge in [0.05, 0.1) is 11.2 Å². The molecule has 2 rings (SSSR count). The minimum absolute atomic E-state index is 0.359.